The van der Waals surface area contributed by atoms with E-state index >= 15 is 0 Å². The van der Waals surface area contributed by atoms with Gasteiger partial charge in [0.25, 0.3) is 0 Å². The monoisotopic (exact) mass is 306 g/mol. The standard InChI is InChI=1S/C9H12Br2N2/c1-5(2)9(12)8-6(10)3-13-4-7(8)11/h3-5,9H,12H2,1-2H3. The van der Waals surface area contributed by atoms with Crippen LogP contribution in [0, 0.1) is 5.92 Å². The summed E-state index contributed by atoms with van der Waals surface area (Å²) in [5.74, 6) is 0.412. The Morgan fingerprint density at radius 1 is 1.23 bits per heavy atom. The number of nitrogens with zero attached hydrogens (tertiary/aromatic N) is 1. The van der Waals surface area contributed by atoms with Crippen molar-refractivity contribution in [2.24, 2.45) is 11.7 Å². The number of hydrogen-bond acceptors (Lipinski definition) is 2. The fourth-order valence-corrected chi connectivity index (χ4v) is 2.53. The predicted molar refractivity (Wildman–Crippen MR) is 61.4 cm³/mol. The molecule has 0 fully saturated rings. The van der Waals surface area contributed by atoms with E-state index in [1.807, 2.05) is 0 Å². The van der Waals surface area contributed by atoms with Crippen molar-refractivity contribution in [2.75, 3.05) is 0 Å². The zero-order valence-corrected chi connectivity index (χ0v) is 10.8. The fourth-order valence-electron chi connectivity index (χ4n) is 1.07. The lowest BCUT2D eigenvalue weighted by molar-refractivity contribution is 0.510. The van der Waals surface area contributed by atoms with E-state index in [2.05, 4.69) is 50.7 Å². The van der Waals surface area contributed by atoms with E-state index in [4.69, 9.17) is 5.73 Å². The molecule has 0 bridgehead atoms. The zero-order valence-electron chi connectivity index (χ0n) is 7.59. The van der Waals surface area contributed by atoms with Crippen LogP contribution in [0.2, 0.25) is 0 Å². The molecule has 72 valence electrons. The lowest BCUT2D eigenvalue weighted by Gasteiger charge is -2.18. The fraction of sp³-hybridized carbons (Fsp3) is 0.444. The highest BCUT2D eigenvalue weighted by Gasteiger charge is 2.16. The second kappa shape index (κ2) is 4.53. The van der Waals surface area contributed by atoms with E-state index < -0.39 is 0 Å². The van der Waals surface area contributed by atoms with Gasteiger partial charge in [-0.1, -0.05) is 13.8 Å². The molecule has 2 N–H and O–H groups in total. The number of rotatable bonds is 2. The number of aromatic nitrogens is 1. The summed E-state index contributed by atoms with van der Waals surface area (Å²) in [6, 6.07) is 0.0340. The molecule has 0 aliphatic carbocycles. The second-order valence-electron chi connectivity index (χ2n) is 3.29. The van der Waals surface area contributed by atoms with Gasteiger partial charge in [-0.15, -0.1) is 0 Å². The third kappa shape index (κ3) is 2.51. The quantitative estimate of drug-likeness (QED) is 0.911. The van der Waals surface area contributed by atoms with Gasteiger partial charge in [0.2, 0.25) is 0 Å². The Hall–Kier alpha value is 0.0700. The average Bonchev–Trinajstić information content (AvgIpc) is 2.03. The molecule has 1 atom stereocenters. The first-order chi connectivity index (χ1) is 6.04. The first kappa shape index (κ1) is 11.1. The molecule has 1 rings (SSSR count). The molecule has 0 saturated carbocycles. The van der Waals surface area contributed by atoms with Crippen LogP contribution in [0.15, 0.2) is 21.3 Å². The van der Waals surface area contributed by atoms with Crippen molar-refractivity contribution in [3.05, 3.63) is 26.9 Å². The van der Waals surface area contributed by atoms with Crippen molar-refractivity contribution < 1.29 is 0 Å². The number of halogens is 2. The minimum Gasteiger partial charge on any atom is -0.324 e. The molecule has 0 spiro atoms. The van der Waals surface area contributed by atoms with Crippen LogP contribution in [-0.2, 0) is 0 Å². The average molecular weight is 308 g/mol. The summed E-state index contributed by atoms with van der Waals surface area (Å²) in [4.78, 5) is 4.04. The van der Waals surface area contributed by atoms with Crippen LogP contribution < -0.4 is 5.73 Å². The van der Waals surface area contributed by atoms with Gasteiger partial charge in [-0.25, -0.2) is 0 Å². The number of nitrogens with two attached hydrogens (primary N) is 1. The summed E-state index contributed by atoms with van der Waals surface area (Å²) in [6.07, 6.45) is 3.53. The summed E-state index contributed by atoms with van der Waals surface area (Å²) in [6.45, 7) is 4.20. The Balaban J connectivity index is 3.12. The van der Waals surface area contributed by atoms with Crippen molar-refractivity contribution in [3.8, 4) is 0 Å². The summed E-state index contributed by atoms with van der Waals surface area (Å²) in [7, 11) is 0. The Morgan fingerprint density at radius 2 is 1.69 bits per heavy atom. The SMILES string of the molecule is CC(C)C(N)c1c(Br)cncc1Br. The lowest BCUT2D eigenvalue weighted by atomic mass is 9.98. The summed E-state index contributed by atoms with van der Waals surface area (Å²) >= 11 is 6.89. The highest BCUT2D eigenvalue weighted by atomic mass is 79.9. The van der Waals surface area contributed by atoms with Gasteiger partial charge < -0.3 is 5.73 Å². The molecule has 1 heterocycles. The van der Waals surface area contributed by atoms with Crippen LogP contribution >= 0.6 is 31.9 Å². The first-order valence-corrected chi connectivity index (χ1v) is 5.67. The van der Waals surface area contributed by atoms with Crippen LogP contribution in [0.4, 0.5) is 0 Å². The molecular formula is C9H12Br2N2. The highest BCUT2D eigenvalue weighted by Crippen LogP contribution is 2.31. The van der Waals surface area contributed by atoms with Crippen molar-refractivity contribution in [1.29, 1.82) is 0 Å². The third-order valence-corrected chi connectivity index (χ3v) is 3.21. The Morgan fingerprint density at radius 3 is 2.08 bits per heavy atom. The van der Waals surface area contributed by atoms with Gasteiger partial charge in [0.15, 0.2) is 0 Å². The maximum Gasteiger partial charge on any atom is 0.0417 e. The molecule has 1 aromatic heterocycles. The molecule has 2 nitrogen and oxygen atoms in total. The molecule has 4 heteroatoms. The number of hydrogen-bond donors (Lipinski definition) is 1. The second-order valence-corrected chi connectivity index (χ2v) is 5.00. The Labute approximate surface area is 95.2 Å². The molecule has 1 aromatic rings. The third-order valence-electron chi connectivity index (χ3n) is 1.94. The number of pyridine rings is 1. The van der Waals surface area contributed by atoms with Gasteiger partial charge in [-0.05, 0) is 37.8 Å². The summed E-state index contributed by atoms with van der Waals surface area (Å²) in [5.41, 5.74) is 7.14. The minimum atomic E-state index is 0.0340. The van der Waals surface area contributed by atoms with Crippen LogP contribution in [0.5, 0.6) is 0 Å². The topological polar surface area (TPSA) is 38.9 Å². The van der Waals surface area contributed by atoms with Crippen molar-refractivity contribution >= 4 is 31.9 Å². The van der Waals surface area contributed by atoms with E-state index in [-0.39, 0.29) is 6.04 Å². The van der Waals surface area contributed by atoms with Crippen LogP contribution in [0.3, 0.4) is 0 Å². The van der Waals surface area contributed by atoms with Crippen molar-refractivity contribution in [3.63, 3.8) is 0 Å². The summed E-state index contributed by atoms with van der Waals surface area (Å²) in [5, 5.41) is 0. The first-order valence-electron chi connectivity index (χ1n) is 4.08. The van der Waals surface area contributed by atoms with E-state index in [1.165, 1.54) is 0 Å². The van der Waals surface area contributed by atoms with Gasteiger partial charge in [0, 0.05) is 32.9 Å². The predicted octanol–water partition coefficient (Wildman–Crippen LogP) is 3.26. The van der Waals surface area contributed by atoms with Gasteiger partial charge in [0.05, 0.1) is 0 Å². The maximum atomic E-state index is 6.05. The van der Waals surface area contributed by atoms with Gasteiger partial charge >= 0.3 is 0 Å². The van der Waals surface area contributed by atoms with E-state index in [0.29, 0.717) is 5.92 Å². The van der Waals surface area contributed by atoms with Crippen LogP contribution in [0.1, 0.15) is 25.5 Å². The van der Waals surface area contributed by atoms with Gasteiger partial charge in [0.1, 0.15) is 0 Å². The molecule has 0 saturated heterocycles. The van der Waals surface area contributed by atoms with Gasteiger partial charge in [-0.2, -0.15) is 0 Å². The molecule has 0 radical (unpaired) electrons. The zero-order chi connectivity index (χ0) is 10.0. The van der Waals surface area contributed by atoms with E-state index in [0.717, 1.165) is 14.5 Å². The molecule has 0 aromatic carbocycles. The Kier molecular flexibility index (Phi) is 3.88. The highest BCUT2D eigenvalue weighted by molar-refractivity contribution is 9.11. The normalized spacial score (nSPS) is 13.4. The molecule has 1 unspecified atom stereocenters. The Bertz CT molecular complexity index is 279. The van der Waals surface area contributed by atoms with E-state index in [1.54, 1.807) is 12.4 Å². The molecule has 0 aliphatic heterocycles. The molecule has 13 heavy (non-hydrogen) atoms. The van der Waals surface area contributed by atoms with Crippen molar-refractivity contribution in [2.45, 2.75) is 19.9 Å². The lowest BCUT2D eigenvalue weighted by Crippen LogP contribution is -2.17. The minimum absolute atomic E-state index is 0.0340. The van der Waals surface area contributed by atoms with Crippen LogP contribution in [0.25, 0.3) is 0 Å². The summed E-state index contributed by atoms with van der Waals surface area (Å²) < 4.78 is 1.92. The molecular weight excluding hydrogens is 296 g/mol. The van der Waals surface area contributed by atoms with E-state index in [9.17, 15) is 0 Å². The van der Waals surface area contributed by atoms with Gasteiger partial charge in [-0.3, -0.25) is 4.98 Å². The smallest absolute Gasteiger partial charge is 0.0417 e. The van der Waals surface area contributed by atoms with Crippen molar-refractivity contribution in [1.82, 2.24) is 4.98 Å². The maximum absolute atomic E-state index is 6.05. The van der Waals surface area contributed by atoms with Crippen LogP contribution in [-0.4, -0.2) is 4.98 Å². The largest absolute Gasteiger partial charge is 0.324 e. The molecule has 0 amide bonds. The molecule has 0 aliphatic rings.